The molecule has 0 radical (unpaired) electrons. The first kappa shape index (κ1) is 19.6. The molecular weight excluding hydrogens is 348 g/mol. The van der Waals surface area contributed by atoms with Crippen molar-refractivity contribution in [3.05, 3.63) is 33.2 Å². The monoisotopic (exact) mass is 376 g/mol. The minimum Gasteiger partial charge on any atom is -0.477 e. The molecule has 1 N–H and O–H groups in total. The van der Waals surface area contributed by atoms with Crippen molar-refractivity contribution in [1.82, 2.24) is 9.47 Å². The Kier molecular flexibility index (Phi) is 6.31. The number of fused-ring (bicyclic) bond motifs is 1. The van der Waals surface area contributed by atoms with Crippen LogP contribution in [0.5, 0.6) is 0 Å². The fourth-order valence-electron chi connectivity index (χ4n) is 4.08. The highest BCUT2D eigenvalue weighted by Crippen LogP contribution is 2.22. The van der Waals surface area contributed by atoms with E-state index >= 15 is 0 Å². The summed E-state index contributed by atoms with van der Waals surface area (Å²) in [5, 5.41) is 9.54. The Morgan fingerprint density at radius 2 is 2.00 bits per heavy atom. The Morgan fingerprint density at radius 1 is 1.26 bits per heavy atom. The van der Waals surface area contributed by atoms with Crippen LogP contribution in [0, 0.1) is 0 Å². The van der Waals surface area contributed by atoms with E-state index in [0.717, 1.165) is 18.4 Å². The quantitative estimate of drug-likeness (QED) is 0.769. The van der Waals surface area contributed by atoms with E-state index in [9.17, 15) is 19.5 Å². The van der Waals surface area contributed by atoms with Crippen LogP contribution in [0.1, 0.15) is 66.9 Å². The van der Waals surface area contributed by atoms with Crippen LogP contribution in [0.25, 0.3) is 0 Å². The normalized spacial score (nSPS) is 17.6. The van der Waals surface area contributed by atoms with Crippen LogP contribution in [0.3, 0.4) is 0 Å². The maximum Gasteiger partial charge on any atom is 0.341 e. The number of hydrogen-bond donors (Lipinski definition) is 1. The summed E-state index contributed by atoms with van der Waals surface area (Å²) in [5.41, 5.74) is 0.709. The summed E-state index contributed by atoms with van der Waals surface area (Å²) >= 11 is 0. The Labute approximate surface area is 158 Å². The topological polar surface area (TPSA) is 88.8 Å². The Balaban J connectivity index is 1.71. The number of nitrogens with zero attached hydrogens (tertiary/aromatic N) is 2. The molecule has 7 heteroatoms. The molecule has 0 unspecified atom stereocenters. The number of aryl methyl sites for hydroxylation is 1. The van der Waals surface area contributed by atoms with Gasteiger partial charge in [0.25, 0.3) is 5.56 Å². The third-order valence-electron chi connectivity index (χ3n) is 5.58. The molecule has 27 heavy (non-hydrogen) atoms. The van der Waals surface area contributed by atoms with Gasteiger partial charge in [0.15, 0.2) is 0 Å². The highest BCUT2D eigenvalue weighted by atomic mass is 16.5. The molecule has 2 aliphatic rings. The first-order valence-corrected chi connectivity index (χ1v) is 9.83. The maximum atomic E-state index is 12.7. The second-order valence-corrected chi connectivity index (χ2v) is 7.49. The zero-order valence-electron chi connectivity index (χ0n) is 15.9. The minimum atomic E-state index is -1.19. The van der Waals surface area contributed by atoms with E-state index in [1.165, 1.54) is 30.8 Å². The molecule has 1 aliphatic carbocycles. The molecule has 1 saturated carbocycles. The highest BCUT2D eigenvalue weighted by molar-refractivity contribution is 5.89. The van der Waals surface area contributed by atoms with Gasteiger partial charge in [0.05, 0.1) is 6.10 Å². The molecule has 0 spiro atoms. The van der Waals surface area contributed by atoms with Crippen LogP contribution in [0.4, 0.5) is 0 Å². The van der Waals surface area contributed by atoms with Gasteiger partial charge in [-0.15, -0.1) is 0 Å². The van der Waals surface area contributed by atoms with Gasteiger partial charge in [-0.05, 0) is 36.8 Å². The van der Waals surface area contributed by atoms with Gasteiger partial charge in [0, 0.05) is 39.4 Å². The van der Waals surface area contributed by atoms with Gasteiger partial charge >= 0.3 is 5.97 Å². The molecule has 0 aromatic carbocycles. The average Bonchev–Trinajstić information content (AvgIpc) is 2.65. The first-order chi connectivity index (χ1) is 13.0. The number of hydrogen-bond acceptors (Lipinski definition) is 4. The number of rotatable bonds is 6. The molecule has 2 heterocycles. The lowest BCUT2D eigenvalue weighted by Gasteiger charge is -2.29. The van der Waals surface area contributed by atoms with Crippen LogP contribution < -0.4 is 5.56 Å². The number of pyridine rings is 1. The molecule has 1 aromatic rings. The molecular formula is C20H28N2O5. The van der Waals surface area contributed by atoms with Crippen molar-refractivity contribution in [3.63, 3.8) is 0 Å². The van der Waals surface area contributed by atoms with Crippen molar-refractivity contribution in [2.24, 2.45) is 0 Å². The lowest BCUT2D eigenvalue weighted by atomic mass is 9.96. The van der Waals surface area contributed by atoms with Crippen LogP contribution in [-0.2, 0) is 29.0 Å². The van der Waals surface area contributed by atoms with Crippen LogP contribution >= 0.6 is 0 Å². The maximum absolute atomic E-state index is 12.7. The van der Waals surface area contributed by atoms with Gasteiger partial charge in [0.2, 0.25) is 5.91 Å². The van der Waals surface area contributed by atoms with Crippen molar-refractivity contribution in [2.75, 3.05) is 13.2 Å². The molecule has 7 nitrogen and oxygen atoms in total. The van der Waals surface area contributed by atoms with Gasteiger partial charge in [-0.3, -0.25) is 9.59 Å². The van der Waals surface area contributed by atoms with E-state index in [4.69, 9.17) is 4.74 Å². The molecule has 0 bridgehead atoms. The van der Waals surface area contributed by atoms with Gasteiger partial charge in [0.1, 0.15) is 5.56 Å². The Morgan fingerprint density at radius 3 is 2.67 bits per heavy atom. The molecule has 1 aliphatic heterocycles. The molecule has 1 aromatic heterocycles. The van der Waals surface area contributed by atoms with Crippen molar-refractivity contribution < 1.29 is 19.4 Å². The second-order valence-electron chi connectivity index (χ2n) is 7.49. The summed E-state index contributed by atoms with van der Waals surface area (Å²) in [5.74, 6) is -1.24. The zero-order valence-corrected chi connectivity index (χ0v) is 15.9. The van der Waals surface area contributed by atoms with E-state index in [2.05, 4.69) is 0 Å². The lowest BCUT2D eigenvalue weighted by molar-refractivity contribution is -0.129. The van der Waals surface area contributed by atoms with Crippen molar-refractivity contribution in [3.8, 4) is 0 Å². The summed E-state index contributed by atoms with van der Waals surface area (Å²) < 4.78 is 7.37. The standard InChI is InChI=1S/C20H28N2O5/c1-14(23)21-10-8-17-15(12-21)13-22(19(24)18(17)20(25)26)9-5-11-27-16-6-3-2-4-7-16/h13,16H,2-12H2,1H3,(H,25,26). The van der Waals surface area contributed by atoms with Crippen LogP contribution in [0.2, 0.25) is 0 Å². The third kappa shape index (κ3) is 4.58. The van der Waals surface area contributed by atoms with Crippen LogP contribution in [0.15, 0.2) is 11.0 Å². The summed E-state index contributed by atoms with van der Waals surface area (Å²) in [7, 11) is 0. The number of amides is 1. The number of aromatic nitrogens is 1. The molecule has 1 amide bonds. The number of ether oxygens (including phenoxy) is 1. The summed E-state index contributed by atoms with van der Waals surface area (Å²) in [6.45, 7) is 3.28. The lowest BCUT2D eigenvalue weighted by Crippen LogP contribution is -2.38. The number of carboxylic acid groups (broad SMARTS) is 1. The molecule has 3 rings (SSSR count). The van der Waals surface area contributed by atoms with Crippen molar-refractivity contribution in [1.29, 1.82) is 0 Å². The summed E-state index contributed by atoms with van der Waals surface area (Å²) in [6.07, 6.45) is 9.00. The number of carbonyl (C=O) groups excluding carboxylic acids is 1. The molecule has 0 atom stereocenters. The smallest absolute Gasteiger partial charge is 0.341 e. The average molecular weight is 376 g/mol. The van der Waals surface area contributed by atoms with Gasteiger partial charge in [-0.2, -0.15) is 0 Å². The van der Waals surface area contributed by atoms with E-state index in [0.29, 0.717) is 50.8 Å². The minimum absolute atomic E-state index is 0.0452. The van der Waals surface area contributed by atoms with Gasteiger partial charge in [-0.25, -0.2) is 4.79 Å². The van der Waals surface area contributed by atoms with Gasteiger partial charge in [-0.1, -0.05) is 19.3 Å². The molecule has 148 valence electrons. The largest absolute Gasteiger partial charge is 0.477 e. The third-order valence-corrected chi connectivity index (χ3v) is 5.58. The second kappa shape index (κ2) is 8.69. The van der Waals surface area contributed by atoms with Crippen molar-refractivity contribution >= 4 is 11.9 Å². The van der Waals surface area contributed by atoms with E-state index < -0.39 is 11.5 Å². The number of carboxylic acids is 1. The fourth-order valence-corrected chi connectivity index (χ4v) is 4.08. The first-order valence-electron chi connectivity index (χ1n) is 9.83. The Bertz CT molecular complexity index is 764. The molecule has 0 saturated heterocycles. The number of carbonyl (C=O) groups is 2. The summed E-state index contributed by atoms with van der Waals surface area (Å²) in [4.78, 5) is 37.7. The fraction of sp³-hybridized carbons (Fsp3) is 0.650. The summed E-state index contributed by atoms with van der Waals surface area (Å²) in [6, 6.07) is 0. The van der Waals surface area contributed by atoms with E-state index in [1.807, 2.05) is 0 Å². The molecule has 1 fully saturated rings. The predicted molar refractivity (Wildman–Crippen MR) is 99.9 cm³/mol. The van der Waals surface area contributed by atoms with E-state index in [1.54, 1.807) is 11.1 Å². The predicted octanol–water partition coefficient (Wildman–Crippen LogP) is 2.19. The Hall–Kier alpha value is -2.15. The van der Waals surface area contributed by atoms with Gasteiger partial charge < -0.3 is 19.3 Å². The SMILES string of the molecule is CC(=O)N1CCc2c(cn(CCCOC3CCCCC3)c(=O)c2C(=O)O)C1. The zero-order chi connectivity index (χ0) is 19.4. The van der Waals surface area contributed by atoms with E-state index in [-0.39, 0.29) is 11.5 Å². The highest BCUT2D eigenvalue weighted by Gasteiger charge is 2.26. The van der Waals surface area contributed by atoms with Crippen molar-refractivity contribution in [2.45, 2.75) is 71.1 Å². The number of aromatic carboxylic acids is 1. The van der Waals surface area contributed by atoms with Crippen LogP contribution in [-0.4, -0.2) is 45.7 Å².